The number of carbonyl (C=O) groups excluding carboxylic acids is 1. The third-order valence-electron chi connectivity index (χ3n) is 2.36. The second kappa shape index (κ2) is 5.53. The molecule has 0 saturated heterocycles. The van der Waals surface area contributed by atoms with E-state index in [9.17, 15) is 14.4 Å². The first-order chi connectivity index (χ1) is 9.06. The van der Waals surface area contributed by atoms with Gasteiger partial charge in [0, 0.05) is 12.3 Å². The Labute approximate surface area is 112 Å². The Balaban J connectivity index is 2.12. The van der Waals surface area contributed by atoms with E-state index in [4.69, 9.17) is 11.6 Å². The molecule has 19 heavy (non-hydrogen) atoms. The van der Waals surface area contributed by atoms with Gasteiger partial charge in [-0.1, -0.05) is 23.7 Å². The van der Waals surface area contributed by atoms with E-state index in [0.29, 0.717) is 10.7 Å². The van der Waals surface area contributed by atoms with Gasteiger partial charge in [0.15, 0.2) is 0 Å². The quantitative estimate of drug-likeness (QED) is 0.873. The van der Waals surface area contributed by atoms with Crippen molar-refractivity contribution in [2.24, 2.45) is 0 Å². The number of amides is 1. The number of carbonyl (C=O) groups is 1. The van der Waals surface area contributed by atoms with Crippen molar-refractivity contribution < 1.29 is 4.79 Å². The first kappa shape index (κ1) is 13.1. The highest BCUT2D eigenvalue weighted by atomic mass is 35.5. The molecule has 0 spiro atoms. The van der Waals surface area contributed by atoms with Crippen LogP contribution in [0.2, 0.25) is 5.02 Å². The fraction of sp³-hybridized carbons (Fsp3) is 0.0833. The van der Waals surface area contributed by atoms with Gasteiger partial charge in [-0.2, -0.15) is 0 Å². The minimum absolute atomic E-state index is 0.208. The molecule has 6 nitrogen and oxygen atoms in total. The second-order valence-corrected chi connectivity index (χ2v) is 4.17. The Hall–Kier alpha value is -2.34. The van der Waals surface area contributed by atoms with Crippen molar-refractivity contribution in [3.05, 3.63) is 62.4 Å². The molecule has 0 fully saturated rings. The second-order valence-electron chi connectivity index (χ2n) is 3.77. The molecule has 1 heterocycles. The summed E-state index contributed by atoms with van der Waals surface area (Å²) in [6, 6.07) is 7.93. The molecule has 0 atom stereocenters. The minimum Gasteiger partial charge on any atom is -0.323 e. The molecule has 0 unspecified atom stereocenters. The van der Waals surface area contributed by atoms with Crippen molar-refractivity contribution in [1.82, 2.24) is 9.55 Å². The average molecular weight is 280 g/mol. The Bertz CT molecular complexity index is 720. The molecular formula is C12H10ClN3O3. The molecule has 2 rings (SSSR count). The van der Waals surface area contributed by atoms with Crippen LogP contribution in [-0.4, -0.2) is 15.5 Å². The van der Waals surface area contributed by atoms with Crippen LogP contribution in [0, 0.1) is 0 Å². The predicted molar refractivity (Wildman–Crippen MR) is 71.4 cm³/mol. The van der Waals surface area contributed by atoms with Gasteiger partial charge in [0.05, 0.1) is 10.7 Å². The van der Waals surface area contributed by atoms with Crippen LogP contribution in [-0.2, 0) is 11.3 Å². The van der Waals surface area contributed by atoms with Gasteiger partial charge < -0.3 is 5.32 Å². The Morgan fingerprint density at radius 1 is 1.26 bits per heavy atom. The summed E-state index contributed by atoms with van der Waals surface area (Å²) in [6.07, 6.45) is 1.26. The van der Waals surface area contributed by atoms with Crippen molar-refractivity contribution in [3.63, 3.8) is 0 Å². The van der Waals surface area contributed by atoms with Crippen LogP contribution in [0.15, 0.2) is 46.1 Å². The Kier molecular flexibility index (Phi) is 3.82. The minimum atomic E-state index is -0.637. The van der Waals surface area contributed by atoms with E-state index in [2.05, 4.69) is 10.3 Å². The maximum Gasteiger partial charge on any atom is 0.328 e. The van der Waals surface area contributed by atoms with E-state index < -0.39 is 17.2 Å². The monoisotopic (exact) mass is 279 g/mol. The lowest BCUT2D eigenvalue weighted by atomic mass is 10.3. The van der Waals surface area contributed by atoms with Gasteiger partial charge in [-0.15, -0.1) is 0 Å². The van der Waals surface area contributed by atoms with Crippen LogP contribution in [0.1, 0.15) is 0 Å². The van der Waals surface area contributed by atoms with Crippen molar-refractivity contribution in [2.75, 3.05) is 5.32 Å². The van der Waals surface area contributed by atoms with Gasteiger partial charge in [-0.3, -0.25) is 19.1 Å². The van der Waals surface area contributed by atoms with E-state index in [1.165, 1.54) is 12.3 Å². The number of H-pyrrole nitrogens is 1. The third-order valence-corrected chi connectivity index (χ3v) is 2.69. The standard InChI is InChI=1S/C12H10ClN3O3/c13-8-3-1-2-4-9(8)14-11(18)7-16-6-5-10(17)15-12(16)19/h1-6H,7H2,(H,14,18)(H,15,17,19). The van der Waals surface area contributed by atoms with Gasteiger partial charge in [0.2, 0.25) is 5.91 Å². The number of nitrogens with zero attached hydrogens (tertiary/aromatic N) is 1. The first-order valence-electron chi connectivity index (χ1n) is 5.40. The molecule has 0 radical (unpaired) electrons. The Morgan fingerprint density at radius 3 is 2.68 bits per heavy atom. The van der Waals surface area contributed by atoms with Gasteiger partial charge in [-0.05, 0) is 12.1 Å². The molecule has 7 heteroatoms. The zero-order chi connectivity index (χ0) is 13.8. The molecule has 1 aromatic carbocycles. The molecule has 1 amide bonds. The van der Waals surface area contributed by atoms with Crippen LogP contribution < -0.4 is 16.6 Å². The fourth-order valence-electron chi connectivity index (χ4n) is 1.48. The summed E-state index contributed by atoms with van der Waals surface area (Å²) in [4.78, 5) is 36.1. The number of benzene rings is 1. The number of hydrogen-bond donors (Lipinski definition) is 2. The molecule has 0 aliphatic heterocycles. The number of para-hydroxylation sites is 1. The molecule has 98 valence electrons. The summed E-state index contributed by atoms with van der Waals surface area (Å²) < 4.78 is 1.09. The van der Waals surface area contributed by atoms with Crippen molar-refractivity contribution in [1.29, 1.82) is 0 Å². The number of hydrogen-bond acceptors (Lipinski definition) is 3. The van der Waals surface area contributed by atoms with Crippen molar-refractivity contribution >= 4 is 23.2 Å². The van der Waals surface area contributed by atoms with Crippen molar-refractivity contribution in [3.8, 4) is 0 Å². The number of halogens is 1. The van der Waals surface area contributed by atoms with Gasteiger partial charge in [0.25, 0.3) is 5.56 Å². The summed E-state index contributed by atoms with van der Waals surface area (Å²) in [5, 5.41) is 2.98. The summed E-state index contributed by atoms with van der Waals surface area (Å²) in [6.45, 7) is -0.208. The maximum absolute atomic E-state index is 11.7. The van der Waals surface area contributed by atoms with E-state index in [1.807, 2.05) is 0 Å². The lowest BCUT2D eigenvalue weighted by molar-refractivity contribution is -0.116. The van der Waals surface area contributed by atoms with Gasteiger partial charge in [-0.25, -0.2) is 4.79 Å². The van der Waals surface area contributed by atoms with Crippen LogP contribution in [0.4, 0.5) is 5.69 Å². The normalized spacial score (nSPS) is 10.2. The summed E-state index contributed by atoms with van der Waals surface area (Å²) >= 11 is 5.89. The molecule has 0 aliphatic rings. The van der Waals surface area contributed by atoms with Crippen LogP contribution in [0.25, 0.3) is 0 Å². The average Bonchev–Trinajstić information content (AvgIpc) is 2.36. The molecule has 0 aliphatic carbocycles. The van der Waals surface area contributed by atoms with Crippen molar-refractivity contribution in [2.45, 2.75) is 6.54 Å². The van der Waals surface area contributed by atoms with Gasteiger partial charge in [0.1, 0.15) is 6.54 Å². The molecule has 0 saturated carbocycles. The fourth-order valence-corrected chi connectivity index (χ4v) is 1.66. The lowest BCUT2D eigenvalue weighted by Gasteiger charge is -2.07. The molecular weight excluding hydrogens is 270 g/mol. The molecule has 1 aromatic heterocycles. The van der Waals surface area contributed by atoms with E-state index in [-0.39, 0.29) is 6.54 Å². The Morgan fingerprint density at radius 2 is 2.00 bits per heavy atom. The largest absolute Gasteiger partial charge is 0.328 e. The van der Waals surface area contributed by atoms with Crippen LogP contribution in [0.5, 0.6) is 0 Å². The topological polar surface area (TPSA) is 84.0 Å². The highest BCUT2D eigenvalue weighted by Gasteiger charge is 2.07. The highest BCUT2D eigenvalue weighted by Crippen LogP contribution is 2.20. The predicted octanol–water partition coefficient (Wildman–Crippen LogP) is 0.829. The van der Waals surface area contributed by atoms with Crippen LogP contribution in [0.3, 0.4) is 0 Å². The number of aromatic nitrogens is 2. The number of nitrogens with one attached hydrogen (secondary N) is 2. The number of rotatable bonds is 3. The van der Waals surface area contributed by atoms with Gasteiger partial charge >= 0.3 is 5.69 Å². The summed E-state index contributed by atoms with van der Waals surface area (Å²) in [7, 11) is 0. The van der Waals surface area contributed by atoms with E-state index in [1.54, 1.807) is 24.3 Å². The van der Waals surface area contributed by atoms with E-state index >= 15 is 0 Å². The maximum atomic E-state index is 11.7. The molecule has 0 bridgehead atoms. The summed E-state index contributed by atoms with van der Waals surface area (Å²) in [5.74, 6) is -0.415. The third kappa shape index (κ3) is 3.32. The summed E-state index contributed by atoms with van der Waals surface area (Å²) in [5.41, 5.74) is -0.679. The molecule has 2 N–H and O–H groups in total. The SMILES string of the molecule is O=C(Cn1ccc(=O)[nH]c1=O)Nc1ccccc1Cl. The first-order valence-corrected chi connectivity index (χ1v) is 5.78. The lowest BCUT2D eigenvalue weighted by Crippen LogP contribution is -2.32. The highest BCUT2D eigenvalue weighted by molar-refractivity contribution is 6.33. The zero-order valence-corrected chi connectivity index (χ0v) is 10.5. The van der Waals surface area contributed by atoms with E-state index in [0.717, 1.165) is 4.57 Å². The molecule has 2 aromatic rings. The van der Waals surface area contributed by atoms with Crippen LogP contribution >= 0.6 is 11.6 Å². The smallest absolute Gasteiger partial charge is 0.323 e. The number of anilines is 1. The zero-order valence-electron chi connectivity index (χ0n) is 9.72. The number of aromatic amines is 1.